The molecular formula is C17H22O3. The van der Waals surface area contributed by atoms with Gasteiger partial charge >= 0.3 is 5.97 Å². The highest BCUT2D eigenvalue weighted by Gasteiger charge is 2.27. The summed E-state index contributed by atoms with van der Waals surface area (Å²) in [5.74, 6) is 0.632. The van der Waals surface area contributed by atoms with Crippen molar-refractivity contribution in [1.82, 2.24) is 0 Å². The second-order valence-electron chi connectivity index (χ2n) is 5.81. The highest BCUT2D eigenvalue weighted by molar-refractivity contribution is 5.82. The first-order valence-corrected chi connectivity index (χ1v) is 7.06. The molecule has 0 aromatic heterocycles. The van der Waals surface area contributed by atoms with E-state index in [1.54, 1.807) is 13.0 Å². The van der Waals surface area contributed by atoms with Crippen LogP contribution in [-0.2, 0) is 16.0 Å². The Balaban J connectivity index is 2.13. The smallest absolute Gasteiger partial charge is 0.331 e. The maximum atomic E-state index is 11.5. The fraction of sp³-hybridized carbons (Fsp3) is 0.471. The molecule has 1 aliphatic rings. The Hall–Kier alpha value is -1.77. The van der Waals surface area contributed by atoms with Crippen LogP contribution in [0.25, 0.3) is 0 Å². The van der Waals surface area contributed by atoms with Gasteiger partial charge in [-0.15, -0.1) is 0 Å². The third kappa shape index (κ3) is 3.41. The number of aryl methyl sites for hydroxylation is 1. The normalized spacial score (nSPS) is 18.2. The summed E-state index contributed by atoms with van der Waals surface area (Å²) >= 11 is 0. The molecule has 108 valence electrons. The molecule has 0 spiro atoms. The zero-order chi connectivity index (χ0) is 14.8. The molecule has 0 bridgehead atoms. The minimum absolute atomic E-state index is 0.0987. The molecule has 1 aromatic rings. The van der Waals surface area contributed by atoms with E-state index in [0.717, 1.165) is 24.2 Å². The summed E-state index contributed by atoms with van der Waals surface area (Å²) in [4.78, 5) is 11.5. The van der Waals surface area contributed by atoms with Gasteiger partial charge in [-0.3, -0.25) is 0 Å². The Kier molecular flexibility index (Phi) is 4.17. The van der Waals surface area contributed by atoms with E-state index >= 15 is 0 Å². The van der Waals surface area contributed by atoms with Gasteiger partial charge in [0.1, 0.15) is 17.5 Å². The molecule has 1 aromatic carbocycles. The van der Waals surface area contributed by atoms with Gasteiger partial charge in [0.05, 0.1) is 0 Å². The van der Waals surface area contributed by atoms with E-state index < -0.39 is 0 Å². The molecule has 3 heteroatoms. The van der Waals surface area contributed by atoms with Crippen molar-refractivity contribution in [2.45, 2.75) is 52.2 Å². The largest absolute Gasteiger partial charge is 0.488 e. The molecule has 1 heterocycles. The van der Waals surface area contributed by atoms with Gasteiger partial charge in [0.15, 0.2) is 0 Å². The minimum atomic E-state index is -0.310. The molecule has 0 N–H and O–H groups in total. The van der Waals surface area contributed by atoms with Crippen LogP contribution < -0.4 is 4.74 Å². The predicted octanol–water partition coefficient (Wildman–Crippen LogP) is 3.97. The number of carbonyl (C=O) groups is 1. The standard InChI is InChI=1S/C17H22O3/c1-5-6-16(18)19-12(2)13-7-8-15-14(11-13)9-10-17(3,4)20-15/h5-8,11-12H,9-10H2,1-4H3. The fourth-order valence-corrected chi connectivity index (χ4v) is 2.35. The van der Waals surface area contributed by atoms with Gasteiger partial charge in [0.2, 0.25) is 0 Å². The number of benzene rings is 1. The molecule has 0 saturated carbocycles. The number of allylic oxidation sites excluding steroid dienone is 1. The van der Waals surface area contributed by atoms with Crippen molar-refractivity contribution < 1.29 is 14.3 Å². The van der Waals surface area contributed by atoms with E-state index in [9.17, 15) is 4.79 Å². The number of carbonyl (C=O) groups excluding carboxylic acids is 1. The van der Waals surface area contributed by atoms with E-state index in [0.29, 0.717) is 0 Å². The molecule has 0 radical (unpaired) electrons. The van der Waals surface area contributed by atoms with Crippen molar-refractivity contribution >= 4 is 5.97 Å². The van der Waals surface area contributed by atoms with E-state index in [1.807, 2.05) is 19.1 Å². The molecule has 0 amide bonds. The van der Waals surface area contributed by atoms with Crippen molar-refractivity contribution in [1.29, 1.82) is 0 Å². The number of ether oxygens (including phenoxy) is 2. The first kappa shape index (κ1) is 14.6. The van der Waals surface area contributed by atoms with Gasteiger partial charge in [-0.2, -0.15) is 0 Å². The lowest BCUT2D eigenvalue weighted by Crippen LogP contribution is -2.32. The molecule has 0 fully saturated rings. The summed E-state index contributed by atoms with van der Waals surface area (Å²) in [6, 6.07) is 6.03. The van der Waals surface area contributed by atoms with Crippen LogP contribution in [-0.4, -0.2) is 11.6 Å². The second-order valence-corrected chi connectivity index (χ2v) is 5.81. The first-order chi connectivity index (χ1) is 9.41. The van der Waals surface area contributed by atoms with Crippen molar-refractivity contribution in [2.75, 3.05) is 0 Å². The topological polar surface area (TPSA) is 35.5 Å². The SMILES string of the molecule is CC=CC(=O)OC(C)c1ccc2c(c1)CCC(C)(C)O2. The molecule has 1 atom stereocenters. The lowest BCUT2D eigenvalue weighted by molar-refractivity contribution is -0.142. The summed E-state index contributed by atoms with van der Waals surface area (Å²) in [7, 11) is 0. The molecule has 1 aliphatic heterocycles. The molecule has 1 unspecified atom stereocenters. The Morgan fingerprint density at radius 2 is 2.20 bits per heavy atom. The zero-order valence-electron chi connectivity index (χ0n) is 12.6. The highest BCUT2D eigenvalue weighted by atomic mass is 16.5. The third-order valence-corrected chi connectivity index (χ3v) is 3.53. The van der Waals surface area contributed by atoms with Crippen LogP contribution in [0.5, 0.6) is 5.75 Å². The molecule has 2 rings (SSSR count). The lowest BCUT2D eigenvalue weighted by atomic mass is 9.93. The van der Waals surface area contributed by atoms with Crippen molar-refractivity contribution in [3.8, 4) is 5.75 Å². The van der Waals surface area contributed by atoms with Gasteiger partial charge < -0.3 is 9.47 Å². The van der Waals surface area contributed by atoms with Crippen LogP contribution in [0.2, 0.25) is 0 Å². The minimum Gasteiger partial charge on any atom is -0.488 e. The van der Waals surface area contributed by atoms with E-state index in [-0.39, 0.29) is 17.7 Å². The molecule has 0 aliphatic carbocycles. The zero-order valence-corrected chi connectivity index (χ0v) is 12.6. The van der Waals surface area contributed by atoms with Crippen LogP contribution >= 0.6 is 0 Å². The van der Waals surface area contributed by atoms with Crippen molar-refractivity contribution in [3.63, 3.8) is 0 Å². The summed E-state index contributed by atoms with van der Waals surface area (Å²) in [6.07, 6.45) is 4.85. The Bertz CT molecular complexity index is 529. The van der Waals surface area contributed by atoms with Crippen molar-refractivity contribution in [3.05, 3.63) is 41.5 Å². The third-order valence-electron chi connectivity index (χ3n) is 3.53. The number of rotatable bonds is 3. The number of esters is 1. The highest BCUT2D eigenvalue weighted by Crippen LogP contribution is 2.34. The summed E-state index contributed by atoms with van der Waals surface area (Å²) in [5, 5.41) is 0. The Morgan fingerprint density at radius 1 is 1.45 bits per heavy atom. The number of hydrogen-bond acceptors (Lipinski definition) is 3. The van der Waals surface area contributed by atoms with Gasteiger partial charge in [-0.05, 0) is 63.8 Å². The molecule has 3 nitrogen and oxygen atoms in total. The van der Waals surface area contributed by atoms with Crippen LogP contribution in [0.15, 0.2) is 30.4 Å². The fourth-order valence-electron chi connectivity index (χ4n) is 2.35. The summed E-state index contributed by atoms with van der Waals surface area (Å²) in [5.41, 5.74) is 2.10. The average molecular weight is 274 g/mol. The van der Waals surface area contributed by atoms with Gasteiger partial charge in [0, 0.05) is 6.08 Å². The number of fused-ring (bicyclic) bond motifs is 1. The summed E-state index contributed by atoms with van der Waals surface area (Å²) in [6.45, 7) is 7.89. The van der Waals surface area contributed by atoms with E-state index in [2.05, 4.69) is 19.9 Å². The van der Waals surface area contributed by atoms with Gasteiger partial charge in [-0.25, -0.2) is 4.79 Å². The predicted molar refractivity (Wildman–Crippen MR) is 78.8 cm³/mol. The first-order valence-electron chi connectivity index (χ1n) is 7.06. The van der Waals surface area contributed by atoms with Crippen LogP contribution in [0.3, 0.4) is 0 Å². The van der Waals surface area contributed by atoms with Crippen LogP contribution in [0, 0.1) is 0 Å². The maximum absolute atomic E-state index is 11.5. The van der Waals surface area contributed by atoms with Crippen LogP contribution in [0.1, 0.15) is 51.3 Å². The van der Waals surface area contributed by atoms with Crippen LogP contribution in [0.4, 0.5) is 0 Å². The quantitative estimate of drug-likeness (QED) is 0.618. The molecule has 20 heavy (non-hydrogen) atoms. The Morgan fingerprint density at radius 3 is 2.90 bits per heavy atom. The summed E-state index contributed by atoms with van der Waals surface area (Å²) < 4.78 is 11.3. The van der Waals surface area contributed by atoms with Crippen molar-refractivity contribution in [2.24, 2.45) is 0 Å². The Labute approximate surface area is 120 Å². The van der Waals surface area contributed by atoms with E-state index in [4.69, 9.17) is 9.47 Å². The maximum Gasteiger partial charge on any atom is 0.331 e. The van der Waals surface area contributed by atoms with Gasteiger partial charge in [0.25, 0.3) is 0 Å². The van der Waals surface area contributed by atoms with Gasteiger partial charge in [-0.1, -0.05) is 12.1 Å². The average Bonchev–Trinajstić information content (AvgIpc) is 2.37. The number of hydrogen-bond donors (Lipinski definition) is 0. The molecular weight excluding hydrogens is 252 g/mol. The molecule has 0 saturated heterocycles. The monoisotopic (exact) mass is 274 g/mol. The lowest BCUT2D eigenvalue weighted by Gasteiger charge is -2.33. The van der Waals surface area contributed by atoms with E-state index in [1.165, 1.54) is 11.6 Å². The second kappa shape index (κ2) is 5.70.